The molecule has 0 aliphatic carbocycles. The molecule has 0 amide bonds. The molecule has 0 aromatic heterocycles. The van der Waals surface area contributed by atoms with Crippen molar-refractivity contribution >= 4 is 5.97 Å². The summed E-state index contributed by atoms with van der Waals surface area (Å²) in [5.74, 6) is -1.81. The third-order valence-corrected chi connectivity index (χ3v) is 2.91. The minimum atomic E-state index is -1.13. The van der Waals surface area contributed by atoms with E-state index in [-0.39, 0.29) is 29.6 Å². The summed E-state index contributed by atoms with van der Waals surface area (Å²) < 4.78 is 0. The third kappa shape index (κ3) is 2.14. The quantitative estimate of drug-likeness (QED) is 0.430. The van der Waals surface area contributed by atoms with Crippen LogP contribution in [0.4, 0.5) is 0 Å². The predicted octanol–water partition coefficient (Wildman–Crippen LogP) is -3.04. The Bertz CT molecular complexity index is 240. The van der Waals surface area contributed by atoms with Crippen molar-refractivity contribution in [3.05, 3.63) is 0 Å². The second kappa shape index (κ2) is 4.10. The molecule has 1 heterocycles. The smallest absolute Gasteiger partial charge is 0.550 e. The number of carboxylic acids is 1. The second-order valence-electron chi connectivity index (χ2n) is 4.84. The Labute approximate surface area is 107 Å². The van der Waals surface area contributed by atoms with E-state index in [9.17, 15) is 15.1 Å². The Kier molecular flexibility index (Phi) is 4.21. The van der Waals surface area contributed by atoms with Crippen molar-refractivity contribution in [3.63, 3.8) is 0 Å². The second-order valence-corrected chi connectivity index (χ2v) is 4.84. The molecule has 1 rings (SSSR count). The van der Waals surface area contributed by atoms with Gasteiger partial charge in [0.1, 0.15) is 0 Å². The Morgan fingerprint density at radius 2 is 1.79 bits per heavy atom. The number of hydroxylamine groups is 2. The predicted molar refractivity (Wildman–Crippen MR) is 43.8 cm³/mol. The van der Waals surface area contributed by atoms with Crippen LogP contribution >= 0.6 is 0 Å². The number of carbonyl (C=O) groups excluding carboxylic acids is 1. The van der Waals surface area contributed by atoms with Crippen LogP contribution < -0.4 is 34.7 Å². The summed E-state index contributed by atoms with van der Waals surface area (Å²) in [5, 5.41) is 23.3. The van der Waals surface area contributed by atoms with Gasteiger partial charge in [-0.25, -0.2) is 0 Å². The fourth-order valence-electron chi connectivity index (χ4n) is 2.13. The molecule has 0 aromatic carbocycles. The van der Waals surface area contributed by atoms with Crippen molar-refractivity contribution in [2.45, 2.75) is 45.2 Å². The van der Waals surface area contributed by atoms with Gasteiger partial charge in [-0.05, 0) is 34.1 Å². The van der Waals surface area contributed by atoms with Crippen LogP contribution in [0, 0.1) is 5.92 Å². The van der Waals surface area contributed by atoms with Crippen molar-refractivity contribution < 1.29 is 44.7 Å². The minimum absolute atomic E-state index is 0. The monoisotopic (exact) mass is 208 g/mol. The molecule has 4 nitrogen and oxygen atoms in total. The summed E-state index contributed by atoms with van der Waals surface area (Å²) in [4.78, 5) is 10.8. The van der Waals surface area contributed by atoms with Gasteiger partial charge in [-0.3, -0.25) is 0 Å². The maximum atomic E-state index is 11.7. The Balaban J connectivity index is 0.00000169. The van der Waals surface area contributed by atoms with Crippen LogP contribution in [0.3, 0.4) is 0 Å². The maximum absolute atomic E-state index is 11.7. The van der Waals surface area contributed by atoms with Crippen molar-refractivity contribution in [1.82, 2.24) is 5.06 Å². The molecular formula is C9H15NNaO3. The van der Waals surface area contributed by atoms with Crippen LogP contribution in [0.2, 0.25) is 0 Å². The normalized spacial score (nSPS) is 29.6. The number of rotatable bonds is 1. The van der Waals surface area contributed by atoms with E-state index in [1.165, 1.54) is 0 Å². The summed E-state index contributed by atoms with van der Waals surface area (Å²) in [6.45, 7) is 6.81. The molecular weight excluding hydrogens is 193 g/mol. The van der Waals surface area contributed by atoms with Gasteiger partial charge in [0.05, 0.1) is 5.54 Å². The molecule has 0 N–H and O–H groups in total. The first-order chi connectivity index (χ1) is 5.69. The molecule has 1 radical (unpaired) electrons. The van der Waals surface area contributed by atoms with E-state index in [0.29, 0.717) is 6.42 Å². The molecule has 14 heavy (non-hydrogen) atoms. The fourth-order valence-corrected chi connectivity index (χ4v) is 2.13. The van der Waals surface area contributed by atoms with E-state index in [2.05, 4.69) is 0 Å². The standard InChI is InChI=1S/C9H16NO3.Na/c1-8(2)5-6(7(11)12)9(3,4)10(8)13;/h6H,5H2,1-4H3,(H,11,12);/q;+1/p-1. The summed E-state index contributed by atoms with van der Waals surface area (Å²) in [6, 6.07) is 0. The van der Waals surface area contributed by atoms with Gasteiger partial charge in [-0.15, -0.1) is 10.3 Å². The van der Waals surface area contributed by atoms with Gasteiger partial charge in [0.25, 0.3) is 0 Å². The van der Waals surface area contributed by atoms with Gasteiger partial charge in [0, 0.05) is 17.4 Å². The molecule has 0 spiro atoms. The van der Waals surface area contributed by atoms with Crippen molar-refractivity contribution in [1.29, 1.82) is 0 Å². The van der Waals surface area contributed by atoms with E-state index in [1.54, 1.807) is 27.7 Å². The number of carbonyl (C=O) groups is 1. The number of nitrogens with zero attached hydrogens (tertiary/aromatic N) is 1. The average molecular weight is 208 g/mol. The van der Waals surface area contributed by atoms with E-state index in [1.807, 2.05) is 0 Å². The molecule has 1 unspecified atom stereocenters. The van der Waals surface area contributed by atoms with E-state index >= 15 is 0 Å². The number of aliphatic carboxylic acids is 1. The third-order valence-electron chi connectivity index (χ3n) is 2.91. The van der Waals surface area contributed by atoms with Crippen molar-refractivity contribution in [2.24, 2.45) is 5.92 Å². The maximum Gasteiger partial charge on any atom is 1.00 e. The number of hydrogen-bond acceptors (Lipinski definition) is 3. The van der Waals surface area contributed by atoms with Gasteiger partial charge in [-0.1, -0.05) is 0 Å². The van der Waals surface area contributed by atoms with Crippen molar-refractivity contribution in [2.75, 3.05) is 0 Å². The molecule has 5 heteroatoms. The molecule has 0 saturated carbocycles. The first-order valence-electron chi connectivity index (χ1n) is 4.38. The molecule has 1 aliphatic heterocycles. The molecule has 1 aliphatic rings. The molecule has 0 bridgehead atoms. The Hall–Kier alpha value is 0.390. The molecule has 1 fully saturated rings. The van der Waals surface area contributed by atoms with Gasteiger partial charge in [0.2, 0.25) is 0 Å². The summed E-state index contributed by atoms with van der Waals surface area (Å²) in [5.41, 5.74) is -1.46. The van der Waals surface area contributed by atoms with Crippen LogP contribution in [0.1, 0.15) is 34.1 Å². The number of carboxylic acid groups (broad SMARTS) is 1. The van der Waals surface area contributed by atoms with Crippen molar-refractivity contribution in [3.8, 4) is 0 Å². The van der Waals surface area contributed by atoms with Crippen LogP contribution in [-0.2, 0) is 10.0 Å². The van der Waals surface area contributed by atoms with E-state index in [4.69, 9.17) is 0 Å². The Morgan fingerprint density at radius 1 is 1.36 bits per heavy atom. The summed E-state index contributed by atoms with van der Waals surface area (Å²) in [7, 11) is 0. The zero-order chi connectivity index (χ0) is 10.4. The topological polar surface area (TPSA) is 63.3 Å². The molecule has 1 saturated heterocycles. The fraction of sp³-hybridized carbons (Fsp3) is 0.889. The van der Waals surface area contributed by atoms with E-state index < -0.39 is 23.0 Å². The zero-order valence-corrected chi connectivity index (χ0v) is 11.5. The van der Waals surface area contributed by atoms with Gasteiger partial charge in [-0.2, -0.15) is 0 Å². The summed E-state index contributed by atoms with van der Waals surface area (Å²) >= 11 is 0. The van der Waals surface area contributed by atoms with Gasteiger partial charge < -0.3 is 9.90 Å². The molecule has 1 atom stereocenters. The number of hydrogen-bond donors (Lipinski definition) is 0. The van der Waals surface area contributed by atoms with Crippen LogP contribution in [0.5, 0.6) is 0 Å². The average Bonchev–Trinajstić information content (AvgIpc) is 2.11. The summed E-state index contributed by atoms with van der Waals surface area (Å²) in [6.07, 6.45) is 0.353. The Morgan fingerprint density at radius 3 is 1.93 bits per heavy atom. The molecule has 0 aromatic rings. The first kappa shape index (κ1) is 14.4. The largest absolute Gasteiger partial charge is 1.00 e. The zero-order valence-electron chi connectivity index (χ0n) is 9.46. The van der Waals surface area contributed by atoms with Crippen LogP contribution in [-0.4, -0.2) is 22.1 Å². The van der Waals surface area contributed by atoms with E-state index in [0.717, 1.165) is 5.06 Å². The first-order valence-corrected chi connectivity index (χ1v) is 4.38. The van der Waals surface area contributed by atoms with Crippen LogP contribution in [0.25, 0.3) is 0 Å². The molecule has 75 valence electrons. The van der Waals surface area contributed by atoms with Gasteiger partial charge in [0.15, 0.2) is 0 Å². The SMILES string of the molecule is CC1(C)CC(C(=O)[O-])C(C)(C)N1[O].[Na+]. The van der Waals surface area contributed by atoms with Gasteiger partial charge >= 0.3 is 29.6 Å². The van der Waals surface area contributed by atoms with Crippen LogP contribution in [0.15, 0.2) is 0 Å². The minimum Gasteiger partial charge on any atom is -0.550 e.